The van der Waals surface area contributed by atoms with E-state index in [1.54, 1.807) is 0 Å². The van der Waals surface area contributed by atoms with Crippen molar-refractivity contribution in [2.75, 3.05) is 5.08 Å². The summed E-state index contributed by atoms with van der Waals surface area (Å²) in [7, 11) is -9.24. The Balaban J connectivity index is 0.000000280. The Morgan fingerprint density at radius 1 is 0.667 bits per heavy atom. The molecule has 86 valence electrons. The molecule has 8 heteroatoms. The van der Waals surface area contributed by atoms with Crippen molar-refractivity contribution < 1.29 is 25.9 Å². The molecule has 0 fully saturated rings. The molecule has 6 nitrogen and oxygen atoms in total. The highest BCUT2D eigenvalue weighted by molar-refractivity contribution is 8.02. The molecule has 1 aromatic carbocycles. The van der Waals surface area contributed by atoms with Crippen molar-refractivity contribution in [1.82, 2.24) is 0 Å². The second kappa shape index (κ2) is 5.81. The molecule has 0 heterocycles. The summed E-state index contributed by atoms with van der Waals surface area (Å²) < 4.78 is 54.2. The van der Waals surface area contributed by atoms with Crippen LogP contribution in [0.4, 0.5) is 0 Å². The number of rotatable bonds is 2. The molecule has 0 spiro atoms. The second-order valence-electron chi connectivity index (χ2n) is 2.44. The van der Waals surface area contributed by atoms with Crippen molar-refractivity contribution in [2.24, 2.45) is 0 Å². The van der Waals surface area contributed by atoms with Gasteiger partial charge in [0.1, 0.15) is 0 Å². The van der Waals surface area contributed by atoms with E-state index in [1.807, 2.05) is 36.4 Å². The molecular formula is C7H10O6S2. The fourth-order valence-corrected chi connectivity index (χ4v) is 2.08. The summed E-state index contributed by atoms with van der Waals surface area (Å²) in [5.41, 5.74) is 0. The SMILES string of the molecule is O=S(=O)(O)CS(=O)(=O)O.c1ccccc1. The summed E-state index contributed by atoms with van der Waals surface area (Å²) in [4.78, 5) is 0. The largest absolute Gasteiger partial charge is 0.285 e. The third kappa shape index (κ3) is 13.0. The normalized spacial score (nSPS) is 11.3. The molecule has 0 saturated heterocycles. The molecule has 0 aliphatic heterocycles. The Labute approximate surface area is 88.1 Å². The van der Waals surface area contributed by atoms with Gasteiger partial charge < -0.3 is 0 Å². The van der Waals surface area contributed by atoms with Gasteiger partial charge in [-0.2, -0.15) is 16.8 Å². The summed E-state index contributed by atoms with van der Waals surface area (Å²) in [6, 6.07) is 12.0. The van der Waals surface area contributed by atoms with Gasteiger partial charge in [0.2, 0.25) is 5.08 Å². The van der Waals surface area contributed by atoms with Crippen LogP contribution in [0.5, 0.6) is 0 Å². The predicted octanol–water partition coefficient (Wildman–Crippen LogP) is 0.406. The molecule has 0 aliphatic rings. The van der Waals surface area contributed by atoms with Crippen molar-refractivity contribution in [3.8, 4) is 0 Å². The zero-order chi connectivity index (χ0) is 11.9. The minimum absolute atomic E-state index is 1.65. The lowest BCUT2D eigenvalue weighted by atomic mass is 10.4. The van der Waals surface area contributed by atoms with Crippen LogP contribution in [0.3, 0.4) is 0 Å². The van der Waals surface area contributed by atoms with E-state index in [0.29, 0.717) is 0 Å². The Morgan fingerprint density at radius 3 is 0.933 bits per heavy atom. The maximum Gasteiger partial charge on any atom is 0.281 e. The highest BCUT2D eigenvalue weighted by Gasteiger charge is 2.15. The van der Waals surface area contributed by atoms with Gasteiger partial charge in [-0.1, -0.05) is 36.4 Å². The molecule has 15 heavy (non-hydrogen) atoms. The molecule has 0 atom stereocenters. The van der Waals surface area contributed by atoms with Crippen LogP contribution in [0.2, 0.25) is 0 Å². The standard InChI is InChI=1S/C6H6.CH4O6S2/c1-2-4-6-5-3-1;2-8(3,4)1-9(5,6)7/h1-6H;1H2,(H,2,3,4)(H,5,6,7). The third-order valence-corrected chi connectivity index (χ3v) is 3.35. The monoisotopic (exact) mass is 254 g/mol. The molecule has 2 N–H and O–H groups in total. The lowest BCUT2D eigenvalue weighted by Gasteiger charge is -1.89. The summed E-state index contributed by atoms with van der Waals surface area (Å²) in [6.45, 7) is 0. The van der Waals surface area contributed by atoms with Crippen LogP contribution >= 0.6 is 0 Å². The minimum atomic E-state index is -4.62. The molecule has 1 rings (SSSR count). The average molecular weight is 254 g/mol. The molecule has 0 saturated carbocycles. The maximum absolute atomic E-state index is 9.66. The fourth-order valence-electron chi connectivity index (χ4n) is 0.573. The number of hydrogen-bond donors (Lipinski definition) is 2. The predicted molar refractivity (Wildman–Crippen MR) is 54.4 cm³/mol. The Kier molecular flexibility index (Phi) is 5.44. The highest BCUT2D eigenvalue weighted by Crippen LogP contribution is 1.88. The Morgan fingerprint density at radius 2 is 0.867 bits per heavy atom. The van der Waals surface area contributed by atoms with E-state index in [2.05, 4.69) is 0 Å². The van der Waals surface area contributed by atoms with Crippen molar-refractivity contribution in [3.05, 3.63) is 36.4 Å². The zero-order valence-corrected chi connectivity index (χ0v) is 9.15. The van der Waals surface area contributed by atoms with Crippen molar-refractivity contribution in [1.29, 1.82) is 0 Å². The van der Waals surface area contributed by atoms with E-state index < -0.39 is 25.3 Å². The van der Waals surface area contributed by atoms with Crippen LogP contribution in [-0.4, -0.2) is 31.0 Å². The first-order chi connectivity index (χ1) is 6.71. The van der Waals surface area contributed by atoms with Gasteiger partial charge in [0.25, 0.3) is 20.2 Å². The van der Waals surface area contributed by atoms with E-state index in [1.165, 1.54) is 0 Å². The minimum Gasteiger partial charge on any atom is -0.285 e. The van der Waals surface area contributed by atoms with Gasteiger partial charge in [-0.25, -0.2) is 0 Å². The molecular weight excluding hydrogens is 244 g/mol. The van der Waals surface area contributed by atoms with Gasteiger partial charge in [0.05, 0.1) is 0 Å². The lowest BCUT2D eigenvalue weighted by molar-refractivity contribution is 0.471. The molecule has 0 amide bonds. The number of benzene rings is 1. The fraction of sp³-hybridized carbons (Fsp3) is 0.143. The van der Waals surface area contributed by atoms with Crippen molar-refractivity contribution in [2.45, 2.75) is 0 Å². The molecule has 0 unspecified atom stereocenters. The van der Waals surface area contributed by atoms with Crippen LogP contribution in [0, 0.1) is 0 Å². The van der Waals surface area contributed by atoms with Gasteiger partial charge in [-0.15, -0.1) is 0 Å². The van der Waals surface area contributed by atoms with E-state index in [0.717, 1.165) is 0 Å². The third-order valence-electron chi connectivity index (χ3n) is 0.965. The molecule has 0 aliphatic carbocycles. The first-order valence-corrected chi connectivity index (χ1v) is 6.83. The zero-order valence-electron chi connectivity index (χ0n) is 7.52. The first-order valence-electron chi connectivity index (χ1n) is 3.61. The average Bonchev–Trinajstić information content (AvgIpc) is 2.01. The summed E-state index contributed by atoms with van der Waals surface area (Å²) in [6.07, 6.45) is 0. The Bertz CT molecular complexity index is 405. The van der Waals surface area contributed by atoms with Gasteiger partial charge in [0, 0.05) is 0 Å². The second-order valence-corrected chi connectivity index (χ2v) is 5.71. The summed E-state index contributed by atoms with van der Waals surface area (Å²) in [5.74, 6) is 0. The summed E-state index contributed by atoms with van der Waals surface area (Å²) in [5, 5.41) is -1.65. The number of hydrogen-bond acceptors (Lipinski definition) is 4. The van der Waals surface area contributed by atoms with Crippen LogP contribution in [0.15, 0.2) is 36.4 Å². The smallest absolute Gasteiger partial charge is 0.281 e. The van der Waals surface area contributed by atoms with Gasteiger partial charge >= 0.3 is 0 Å². The quantitative estimate of drug-likeness (QED) is 0.740. The van der Waals surface area contributed by atoms with Crippen molar-refractivity contribution >= 4 is 20.2 Å². The topological polar surface area (TPSA) is 109 Å². The summed E-state index contributed by atoms with van der Waals surface area (Å²) >= 11 is 0. The van der Waals surface area contributed by atoms with E-state index >= 15 is 0 Å². The molecule has 1 aromatic rings. The molecule has 0 radical (unpaired) electrons. The highest BCUT2D eigenvalue weighted by atomic mass is 32.3. The van der Waals surface area contributed by atoms with Crippen LogP contribution in [0.25, 0.3) is 0 Å². The van der Waals surface area contributed by atoms with E-state index in [-0.39, 0.29) is 0 Å². The Hall–Kier alpha value is -0.960. The van der Waals surface area contributed by atoms with Gasteiger partial charge in [-0.05, 0) is 0 Å². The van der Waals surface area contributed by atoms with Crippen LogP contribution in [0.1, 0.15) is 0 Å². The first kappa shape index (κ1) is 14.0. The lowest BCUT2D eigenvalue weighted by Crippen LogP contribution is -2.13. The molecule has 0 aromatic heterocycles. The van der Waals surface area contributed by atoms with E-state index in [4.69, 9.17) is 9.11 Å². The van der Waals surface area contributed by atoms with Crippen LogP contribution < -0.4 is 0 Å². The van der Waals surface area contributed by atoms with E-state index in [9.17, 15) is 16.8 Å². The van der Waals surface area contributed by atoms with Gasteiger partial charge in [0.15, 0.2) is 0 Å². The van der Waals surface area contributed by atoms with Crippen LogP contribution in [-0.2, 0) is 20.2 Å². The maximum atomic E-state index is 9.66. The van der Waals surface area contributed by atoms with Crippen molar-refractivity contribution in [3.63, 3.8) is 0 Å². The van der Waals surface area contributed by atoms with Gasteiger partial charge in [-0.3, -0.25) is 9.11 Å². The molecule has 0 bridgehead atoms.